The summed E-state index contributed by atoms with van der Waals surface area (Å²) >= 11 is 0. The second kappa shape index (κ2) is 4.57. The number of aromatic nitrogens is 2. The lowest BCUT2D eigenvalue weighted by Crippen LogP contribution is -2.34. The zero-order valence-corrected chi connectivity index (χ0v) is 11.9. The van der Waals surface area contributed by atoms with Crippen LogP contribution < -0.4 is 5.73 Å². The van der Waals surface area contributed by atoms with Crippen LogP contribution in [0.2, 0.25) is 0 Å². The smallest absolute Gasteiger partial charge is 0.214 e. The highest BCUT2D eigenvalue weighted by Crippen LogP contribution is 2.34. The minimum Gasteiger partial charge on any atom is -0.326 e. The van der Waals surface area contributed by atoms with Gasteiger partial charge in [-0.05, 0) is 24.3 Å². The second-order valence-electron chi connectivity index (χ2n) is 5.76. The molecule has 0 aromatic carbocycles. The van der Waals surface area contributed by atoms with E-state index in [0.29, 0.717) is 24.8 Å². The molecule has 2 fully saturated rings. The van der Waals surface area contributed by atoms with Crippen molar-refractivity contribution in [1.82, 2.24) is 14.1 Å². The van der Waals surface area contributed by atoms with Crippen molar-refractivity contribution in [2.45, 2.75) is 24.8 Å². The second-order valence-corrected chi connectivity index (χ2v) is 7.77. The molecular formula is C12H20N4O2S. The zero-order valence-electron chi connectivity index (χ0n) is 11.1. The van der Waals surface area contributed by atoms with Gasteiger partial charge in [0.25, 0.3) is 0 Å². The lowest BCUT2D eigenvalue weighted by molar-refractivity contribution is 0.467. The average Bonchev–Trinajstić information content (AvgIpc) is 2.86. The van der Waals surface area contributed by atoms with Crippen LogP contribution in [0.15, 0.2) is 12.4 Å². The maximum Gasteiger partial charge on any atom is 0.214 e. The van der Waals surface area contributed by atoms with Gasteiger partial charge in [-0.2, -0.15) is 9.40 Å². The van der Waals surface area contributed by atoms with E-state index in [2.05, 4.69) is 5.10 Å². The number of hydrogen-bond acceptors (Lipinski definition) is 4. The van der Waals surface area contributed by atoms with Crippen molar-refractivity contribution in [1.29, 1.82) is 0 Å². The molecule has 3 rings (SSSR count). The first-order chi connectivity index (χ1) is 8.95. The summed E-state index contributed by atoms with van der Waals surface area (Å²) < 4.78 is 27.8. The molecule has 0 radical (unpaired) electrons. The molecule has 1 saturated heterocycles. The van der Waals surface area contributed by atoms with Gasteiger partial charge in [0, 0.05) is 38.3 Å². The van der Waals surface area contributed by atoms with Crippen LogP contribution in [0.1, 0.15) is 24.3 Å². The minimum absolute atomic E-state index is 0.0580. The molecule has 2 aliphatic rings. The highest BCUT2D eigenvalue weighted by atomic mass is 32.2. The van der Waals surface area contributed by atoms with Crippen molar-refractivity contribution >= 4 is 10.0 Å². The maximum absolute atomic E-state index is 12.3. The number of sulfonamides is 1. The molecule has 2 atom stereocenters. The number of nitrogens with two attached hydrogens (primary N) is 1. The summed E-state index contributed by atoms with van der Waals surface area (Å²) in [7, 11) is -1.28. The standard InChI is InChI=1S/C12H20N4O2S/c1-15-5-10(4-14-15)11-6-16(7-12(11)13)19(17,18)8-9-2-3-9/h4-5,9,11-12H,2-3,6-8,13H2,1H3/t11-,12+/m0/s1. The fourth-order valence-electron chi connectivity index (χ4n) is 2.69. The molecule has 1 aromatic heterocycles. The van der Waals surface area contributed by atoms with Crippen LogP contribution in [0.5, 0.6) is 0 Å². The molecule has 6 nitrogen and oxygen atoms in total. The van der Waals surface area contributed by atoms with Crippen LogP contribution in [-0.2, 0) is 17.1 Å². The molecule has 1 aliphatic heterocycles. The maximum atomic E-state index is 12.3. The van der Waals surface area contributed by atoms with Gasteiger partial charge in [0.15, 0.2) is 0 Å². The van der Waals surface area contributed by atoms with Crippen LogP contribution in [0.4, 0.5) is 0 Å². The quantitative estimate of drug-likeness (QED) is 0.836. The third-order valence-corrected chi connectivity index (χ3v) is 6.00. The van der Waals surface area contributed by atoms with Gasteiger partial charge in [-0.3, -0.25) is 4.68 Å². The van der Waals surface area contributed by atoms with E-state index < -0.39 is 10.0 Å². The summed E-state index contributed by atoms with van der Waals surface area (Å²) in [6.07, 6.45) is 5.79. The van der Waals surface area contributed by atoms with Crippen molar-refractivity contribution in [3.63, 3.8) is 0 Å². The van der Waals surface area contributed by atoms with Gasteiger partial charge in [0.05, 0.1) is 11.9 Å². The summed E-state index contributed by atoms with van der Waals surface area (Å²) in [6, 6.07) is -0.141. The Kier molecular flexibility index (Phi) is 3.15. The summed E-state index contributed by atoms with van der Waals surface area (Å²) in [4.78, 5) is 0. The van der Waals surface area contributed by atoms with Gasteiger partial charge in [0.2, 0.25) is 10.0 Å². The molecule has 1 saturated carbocycles. The molecule has 0 bridgehead atoms. The number of rotatable bonds is 4. The van der Waals surface area contributed by atoms with Gasteiger partial charge in [-0.1, -0.05) is 0 Å². The number of aryl methyl sites for hydroxylation is 1. The SMILES string of the molecule is Cn1cc([C@@H]2CN(S(=O)(=O)CC3CC3)C[C@H]2N)cn1. The van der Waals surface area contributed by atoms with Crippen LogP contribution >= 0.6 is 0 Å². The Hall–Kier alpha value is -0.920. The molecule has 1 aliphatic carbocycles. The normalized spacial score (nSPS) is 28.9. The molecule has 2 N–H and O–H groups in total. The summed E-state index contributed by atoms with van der Waals surface area (Å²) in [5.74, 6) is 0.723. The molecule has 7 heteroatoms. The lowest BCUT2D eigenvalue weighted by atomic mass is 9.98. The predicted octanol–water partition coefficient (Wildman–Crippen LogP) is -0.114. The van der Waals surface area contributed by atoms with Crippen LogP contribution in [0.25, 0.3) is 0 Å². The molecule has 1 aromatic rings. The fraction of sp³-hybridized carbons (Fsp3) is 0.750. The lowest BCUT2D eigenvalue weighted by Gasteiger charge is -2.15. The van der Waals surface area contributed by atoms with Crippen molar-refractivity contribution in [2.24, 2.45) is 18.7 Å². The molecule has 19 heavy (non-hydrogen) atoms. The first-order valence-electron chi connectivity index (χ1n) is 6.67. The van der Waals surface area contributed by atoms with Gasteiger partial charge in [0.1, 0.15) is 0 Å². The van der Waals surface area contributed by atoms with Crippen molar-refractivity contribution in [3.05, 3.63) is 18.0 Å². The Bertz CT molecular complexity index is 564. The fourth-order valence-corrected chi connectivity index (χ4v) is 4.62. The Labute approximate surface area is 113 Å². The van der Waals surface area contributed by atoms with Gasteiger partial charge < -0.3 is 5.73 Å². The summed E-state index contributed by atoms with van der Waals surface area (Å²) in [6.45, 7) is 0.913. The van der Waals surface area contributed by atoms with Crippen LogP contribution in [-0.4, -0.2) is 47.4 Å². The third kappa shape index (κ3) is 2.68. The van der Waals surface area contributed by atoms with Crippen LogP contribution in [0, 0.1) is 5.92 Å². The zero-order chi connectivity index (χ0) is 13.6. The number of hydrogen-bond donors (Lipinski definition) is 1. The van der Waals surface area contributed by atoms with Gasteiger partial charge >= 0.3 is 0 Å². The Balaban J connectivity index is 1.73. The summed E-state index contributed by atoms with van der Waals surface area (Å²) in [5.41, 5.74) is 7.14. The predicted molar refractivity (Wildman–Crippen MR) is 72.0 cm³/mol. The minimum atomic E-state index is -3.14. The molecular weight excluding hydrogens is 264 g/mol. The Morgan fingerprint density at radius 2 is 2.16 bits per heavy atom. The molecule has 2 heterocycles. The van der Waals surface area contributed by atoms with E-state index in [1.54, 1.807) is 15.2 Å². The average molecular weight is 284 g/mol. The molecule has 0 unspecified atom stereocenters. The van der Waals surface area contributed by atoms with E-state index >= 15 is 0 Å². The topological polar surface area (TPSA) is 81.2 Å². The monoisotopic (exact) mass is 284 g/mol. The highest BCUT2D eigenvalue weighted by molar-refractivity contribution is 7.89. The Morgan fingerprint density at radius 3 is 2.74 bits per heavy atom. The van der Waals surface area contributed by atoms with Gasteiger partial charge in [-0.15, -0.1) is 0 Å². The largest absolute Gasteiger partial charge is 0.326 e. The first-order valence-corrected chi connectivity index (χ1v) is 8.28. The first kappa shape index (κ1) is 13.1. The van der Waals surface area contributed by atoms with E-state index in [1.807, 2.05) is 13.2 Å². The van der Waals surface area contributed by atoms with E-state index in [9.17, 15) is 8.42 Å². The van der Waals surface area contributed by atoms with E-state index in [-0.39, 0.29) is 12.0 Å². The third-order valence-electron chi connectivity index (χ3n) is 4.02. The molecule has 0 amide bonds. The van der Waals surface area contributed by atoms with Crippen molar-refractivity contribution in [2.75, 3.05) is 18.8 Å². The Morgan fingerprint density at radius 1 is 1.42 bits per heavy atom. The molecule has 106 valence electrons. The van der Waals surface area contributed by atoms with Crippen molar-refractivity contribution in [3.8, 4) is 0 Å². The van der Waals surface area contributed by atoms with Crippen LogP contribution in [0.3, 0.4) is 0 Å². The van der Waals surface area contributed by atoms with Gasteiger partial charge in [-0.25, -0.2) is 8.42 Å². The molecule has 0 spiro atoms. The van der Waals surface area contributed by atoms with Crippen molar-refractivity contribution < 1.29 is 8.42 Å². The van der Waals surface area contributed by atoms with E-state index in [1.165, 1.54) is 0 Å². The van der Waals surface area contributed by atoms with E-state index in [4.69, 9.17) is 5.73 Å². The highest BCUT2D eigenvalue weighted by Gasteiger charge is 2.40. The number of nitrogens with zero attached hydrogens (tertiary/aromatic N) is 3. The summed E-state index contributed by atoms with van der Waals surface area (Å²) in [5, 5.41) is 4.13. The van der Waals surface area contributed by atoms with E-state index in [0.717, 1.165) is 18.4 Å².